The van der Waals surface area contributed by atoms with Crippen LogP contribution < -0.4 is 0 Å². The summed E-state index contributed by atoms with van der Waals surface area (Å²) in [5.41, 5.74) is 0. The Morgan fingerprint density at radius 2 is 1.88 bits per heavy atom. The monoisotopic (exact) mass is 241 g/mol. The van der Waals surface area contributed by atoms with E-state index in [2.05, 4.69) is 13.8 Å². The van der Waals surface area contributed by atoms with Gasteiger partial charge in [-0.2, -0.15) is 0 Å². The average Bonchev–Trinajstić information content (AvgIpc) is 2.28. The van der Waals surface area contributed by atoms with Gasteiger partial charge in [0.2, 0.25) is 5.91 Å². The van der Waals surface area contributed by atoms with Gasteiger partial charge in [-0.1, -0.05) is 26.7 Å². The van der Waals surface area contributed by atoms with E-state index in [9.17, 15) is 4.79 Å². The molecule has 0 aromatic carbocycles. The predicted molar refractivity (Wildman–Crippen MR) is 69.9 cm³/mol. The highest BCUT2D eigenvalue weighted by Gasteiger charge is 2.29. The molecule has 1 saturated heterocycles. The van der Waals surface area contributed by atoms with E-state index in [-0.39, 0.29) is 18.1 Å². The smallest absolute Gasteiger partial charge is 0.225 e. The quantitative estimate of drug-likeness (QED) is 0.740. The SMILES string of the molecule is CCCC[C@H](CC)C(=O)N1C[C@@H](C)O[C@@H](C)C1. The van der Waals surface area contributed by atoms with Gasteiger partial charge in [-0.3, -0.25) is 4.79 Å². The molecule has 3 heteroatoms. The van der Waals surface area contributed by atoms with Crippen LogP contribution in [-0.4, -0.2) is 36.1 Å². The minimum absolute atomic E-state index is 0.173. The molecule has 1 fully saturated rings. The molecule has 1 rings (SSSR count). The normalized spacial score (nSPS) is 26.9. The van der Waals surface area contributed by atoms with Gasteiger partial charge in [0.1, 0.15) is 0 Å². The van der Waals surface area contributed by atoms with Gasteiger partial charge in [0.15, 0.2) is 0 Å². The molecular weight excluding hydrogens is 214 g/mol. The fraction of sp³-hybridized carbons (Fsp3) is 0.929. The number of morpholine rings is 1. The second-order valence-electron chi connectivity index (χ2n) is 5.25. The van der Waals surface area contributed by atoms with Crippen molar-refractivity contribution in [1.29, 1.82) is 0 Å². The Balaban J connectivity index is 2.54. The van der Waals surface area contributed by atoms with E-state index in [4.69, 9.17) is 4.74 Å². The van der Waals surface area contributed by atoms with Gasteiger partial charge in [0, 0.05) is 19.0 Å². The van der Waals surface area contributed by atoms with Crippen molar-refractivity contribution in [3.8, 4) is 0 Å². The van der Waals surface area contributed by atoms with Gasteiger partial charge in [-0.15, -0.1) is 0 Å². The van der Waals surface area contributed by atoms with Crippen LogP contribution in [0.1, 0.15) is 53.4 Å². The lowest BCUT2D eigenvalue weighted by atomic mass is 9.97. The van der Waals surface area contributed by atoms with Gasteiger partial charge in [0.25, 0.3) is 0 Å². The Morgan fingerprint density at radius 3 is 2.35 bits per heavy atom. The Labute approximate surface area is 106 Å². The lowest BCUT2D eigenvalue weighted by molar-refractivity contribution is -0.147. The van der Waals surface area contributed by atoms with E-state index in [1.54, 1.807) is 0 Å². The van der Waals surface area contributed by atoms with Crippen LogP contribution in [0.5, 0.6) is 0 Å². The third kappa shape index (κ3) is 4.30. The molecule has 3 atom stereocenters. The maximum absolute atomic E-state index is 12.4. The molecule has 17 heavy (non-hydrogen) atoms. The summed E-state index contributed by atoms with van der Waals surface area (Å²) in [7, 11) is 0. The standard InChI is InChI=1S/C14H27NO2/c1-5-7-8-13(6-2)14(16)15-9-11(3)17-12(4)10-15/h11-13H,5-10H2,1-4H3/t11-,12+,13-/m0/s1. The van der Waals surface area contributed by atoms with Crippen LogP contribution in [0.15, 0.2) is 0 Å². The highest BCUT2D eigenvalue weighted by atomic mass is 16.5. The van der Waals surface area contributed by atoms with E-state index < -0.39 is 0 Å². The van der Waals surface area contributed by atoms with Crippen molar-refractivity contribution in [3.63, 3.8) is 0 Å². The number of unbranched alkanes of at least 4 members (excludes halogenated alkanes) is 1. The minimum Gasteiger partial charge on any atom is -0.372 e. The Kier molecular flexibility index (Phi) is 5.96. The number of carbonyl (C=O) groups is 1. The number of rotatable bonds is 5. The van der Waals surface area contributed by atoms with Crippen molar-refractivity contribution in [1.82, 2.24) is 4.90 Å². The van der Waals surface area contributed by atoms with Crippen molar-refractivity contribution in [3.05, 3.63) is 0 Å². The lowest BCUT2D eigenvalue weighted by Crippen LogP contribution is -2.50. The first-order chi connectivity index (χ1) is 8.08. The summed E-state index contributed by atoms with van der Waals surface area (Å²) in [5.74, 6) is 0.551. The molecule has 0 unspecified atom stereocenters. The summed E-state index contributed by atoms with van der Waals surface area (Å²) in [6, 6.07) is 0. The molecule has 3 nitrogen and oxygen atoms in total. The maximum Gasteiger partial charge on any atom is 0.225 e. The topological polar surface area (TPSA) is 29.5 Å². The molecule has 0 aromatic rings. The van der Waals surface area contributed by atoms with E-state index in [0.717, 1.165) is 32.4 Å². The Hall–Kier alpha value is -0.570. The predicted octanol–water partition coefficient (Wildman–Crippen LogP) is 2.84. The van der Waals surface area contributed by atoms with Crippen LogP contribution in [0, 0.1) is 5.92 Å². The number of nitrogens with zero attached hydrogens (tertiary/aromatic N) is 1. The van der Waals surface area contributed by atoms with E-state index >= 15 is 0 Å². The van der Waals surface area contributed by atoms with Crippen LogP contribution in [0.2, 0.25) is 0 Å². The first kappa shape index (κ1) is 14.5. The molecule has 0 radical (unpaired) electrons. The Bertz CT molecular complexity index is 232. The zero-order valence-electron chi connectivity index (χ0n) is 11.7. The molecule has 1 amide bonds. The van der Waals surface area contributed by atoms with E-state index in [1.165, 1.54) is 6.42 Å². The van der Waals surface area contributed by atoms with E-state index in [1.807, 2.05) is 18.7 Å². The second-order valence-corrected chi connectivity index (χ2v) is 5.25. The zero-order valence-corrected chi connectivity index (χ0v) is 11.7. The third-order valence-corrected chi connectivity index (χ3v) is 3.48. The average molecular weight is 241 g/mol. The fourth-order valence-corrected chi connectivity index (χ4v) is 2.57. The van der Waals surface area contributed by atoms with Gasteiger partial charge in [0.05, 0.1) is 12.2 Å². The summed E-state index contributed by atoms with van der Waals surface area (Å²) in [6.45, 7) is 9.89. The number of hydrogen-bond acceptors (Lipinski definition) is 2. The molecule has 100 valence electrons. The summed E-state index contributed by atoms with van der Waals surface area (Å²) >= 11 is 0. The van der Waals surface area contributed by atoms with Crippen molar-refractivity contribution in [2.24, 2.45) is 5.92 Å². The molecule has 0 aliphatic carbocycles. The first-order valence-electron chi connectivity index (χ1n) is 7.02. The van der Waals surface area contributed by atoms with Gasteiger partial charge in [-0.25, -0.2) is 0 Å². The highest BCUT2D eigenvalue weighted by Crippen LogP contribution is 2.19. The molecule has 0 spiro atoms. The van der Waals surface area contributed by atoms with Crippen LogP contribution in [0.3, 0.4) is 0 Å². The number of ether oxygens (including phenoxy) is 1. The third-order valence-electron chi connectivity index (χ3n) is 3.48. The first-order valence-corrected chi connectivity index (χ1v) is 7.02. The summed E-state index contributed by atoms with van der Waals surface area (Å²) in [6.07, 6.45) is 4.65. The van der Waals surface area contributed by atoms with E-state index in [0.29, 0.717) is 5.91 Å². The largest absolute Gasteiger partial charge is 0.372 e. The van der Waals surface area contributed by atoms with Crippen molar-refractivity contribution < 1.29 is 9.53 Å². The second kappa shape index (κ2) is 7.00. The summed E-state index contributed by atoms with van der Waals surface area (Å²) in [4.78, 5) is 14.4. The number of hydrogen-bond donors (Lipinski definition) is 0. The van der Waals surface area contributed by atoms with Gasteiger partial charge < -0.3 is 9.64 Å². The van der Waals surface area contributed by atoms with Crippen LogP contribution in [0.4, 0.5) is 0 Å². The van der Waals surface area contributed by atoms with Crippen LogP contribution >= 0.6 is 0 Å². The number of carbonyl (C=O) groups excluding carboxylic acids is 1. The van der Waals surface area contributed by atoms with Crippen molar-refractivity contribution >= 4 is 5.91 Å². The fourth-order valence-electron chi connectivity index (χ4n) is 2.57. The zero-order chi connectivity index (χ0) is 12.8. The van der Waals surface area contributed by atoms with Gasteiger partial charge in [-0.05, 0) is 26.7 Å². The lowest BCUT2D eigenvalue weighted by Gasteiger charge is -2.37. The molecule has 0 saturated carbocycles. The molecule has 0 N–H and O–H groups in total. The maximum atomic E-state index is 12.4. The molecule has 1 heterocycles. The summed E-state index contributed by atoms with van der Waals surface area (Å²) in [5, 5.41) is 0. The number of amides is 1. The Morgan fingerprint density at radius 1 is 1.29 bits per heavy atom. The molecule has 1 aliphatic heterocycles. The van der Waals surface area contributed by atoms with Crippen LogP contribution in [-0.2, 0) is 9.53 Å². The summed E-state index contributed by atoms with van der Waals surface area (Å²) < 4.78 is 5.67. The minimum atomic E-state index is 0.173. The van der Waals surface area contributed by atoms with Gasteiger partial charge >= 0.3 is 0 Å². The molecule has 0 bridgehead atoms. The highest BCUT2D eigenvalue weighted by molar-refractivity contribution is 5.79. The molecule has 0 aromatic heterocycles. The van der Waals surface area contributed by atoms with Crippen LogP contribution in [0.25, 0.3) is 0 Å². The molecule has 1 aliphatic rings. The van der Waals surface area contributed by atoms with Crippen molar-refractivity contribution in [2.45, 2.75) is 65.6 Å². The molecular formula is C14H27NO2. The van der Waals surface area contributed by atoms with Crippen molar-refractivity contribution in [2.75, 3.05) is 13.1 Å².